The second-order valence-electron chi connectivity index (χ2n) is 5.48. The van der Waals surface area contributed by atoms with Gasteiger partial charge in [0.2, 0.25) is 5.91 Å². The molecule has 0 radical (unpaired) electrons. The first-order chi connectivity index (χ1) is 9.77. The Balaban J connectivity index is 2.58. The second-order valence-corrected chi connectivity index (χ2v) is 5.48. The van der Waals surface area contributed by atoms with Crippen molar-refractivity contribution >= 4 is 17.9 Å². The summed E-state index contributed by atoms with van der Waals surface area (Å²) in [5.74, 6) is -1.42. The summed E-state index contributed by atoms with van der Waals surface area (Å²) in [7, 11) is 0. The quantitative estimate of drug-likeness (QED) is 0.562. The molecule has 0 aliphatic carbocycles. The molecule has 1 unspecified atom stereocenters. The van der Waals surface area contributed by atoms with Crippen molar-refractivity contribution in [1.82, 2.24) is 16.0 Å². The summed E-state index contributed by atoms with van der Waals surface area (Å²) in [5.41, 5.74) is -1.34. The molecule has 1 rings (SSSR count). The number of carbonyl (C=O) groups is 3. The lowest BCUT2D eigenvalue weighted by Gasteiger charge is -2.34. The number of ether oxygens (including phenoxy) is 1. The third-order valence-electron chi connectivity index (χ3n) is 3.28. The van der Waals surface area contributed by atoms with Crippen LogP contribution >= 0.6 is 0 Å². The molecular formula is C13H23N3O5. The van der Waals surface area contributed by atoms with Gasteiger partial charge in [0.25, 0.3) is 0 Å². The van der Waals surface area contributed by atoms with Gasteiger partial charge in [-0.15, -0.1) is 0 Å². The summed E-state index contributed by atoms with van der Waals surface area (Å²) in [6.07, 6.45) is 0.394. The zero-order valence-corrected chi connectivity index (χ0v) is 12.6. The van der Waals surface area contributed by atoms with Crippen molar-refractivity contribution in [2.24, 2.45) is 0 Å². The number of hydrogen-bond acceptors (Lipinski definition) is 4. The number of rotatable bonds is 5. The van der Waals surface area contributed by atoms with Gasteiger partial charge in [-0.1, -0.05) is 0 Å². The number of urea groups is 1. The molecule has 120 valence electrons. The minimum absolute atomic E-state index is 0.0364. The van der Waals surface area contributed by atoms with Gasteiger partial charge < -0.3 is 25.8 Å². The predicted octanol–water partition coefficient (Wildman–Crippen LogP) is -0.167. The molecule has 21 heavy (non-hydrogen) atoms. The van der Waals surface area contributed by atoms with Gasteiger partial charge in [0.05, 0.1) is 0 Å². The van der Waals surface area contributed by atoms with Crippen LogP contribution in [0.2, 0.25) is 0 Å². The topological polar surface area (TPSA) is 117 Å². The van der Waals surface area contributed by atoms with Gasteiger partial charge >= 0.3 is 12.0 Å². The van der Waals surface area contributed by atoms with Gasteiger partial charge in [-0.3, -0.25) is 4.79 Å². The number of hydrogen-bond donors (Lipinski definition) is 4. The van der Waals surface area contributed by atoms with E-state index in [-0.39, 0.29) is 38.0 Å². The molecule has 0 aromatic carbocycles. The van der Waals surface area contributed by atoms with E-state index in [9.17, 15) is 19.5 Å². The van der Waals surface area contributed by atoms with E-state index in [1.165, 1.54) is 6.92 Å². The molecule has 0 bridgehead atoms. The molecule has 0 aromatic heterocycles. The summed E-state index contributed by atoms with van der Waals surface area (Å²) in [4.78, 5) is 35.0. The van der Waals surface area contributed by atoms with E-state index in [4.69, 9.17) is 4.74 Å². The fraction of sp³-hybridized carbons (Fsp3) is 0.769. The molecule has 0 aromatic rings. The molecular weight excluding hydrogens is 278 g/mol. The molecule has 1 heterocycles. The molecule has 1 fully saturated rings. The van der Waals surface area contributed by atoms with E-state index in [1.807, 2.05) is 13.8 Å². The largest absolute Gasteiger partial charge is 0.480 e. The van der Waals surface area contributed by atoms with Crippen LogP contribution in [0.4, 0.5) is 4.79 Å². The Bertz CT molecular complexity index is 405. The highest BCUT2D eigenvalue weighted by molar-refractivity contribution is 5.90. The van der Waals surface area contributed by atoms with Crippen LogP contribution in [0.3, 0.4) is 0 Å². The van der Waals surface area contributed by atoms with E-state index >= 15 is 0 Å². The average molecular weight is 301 g/mol. The van der Waals surface area contributed by atoms with Crippen LogP contribution in [0.25, 0.3) is 0 Å². The SMILES string of the molecule is CC(C)NC(=O)C(C)NC(=O)NC1(C(=O)O)CCOCC1. The third kappa shape index (κ3) is 4.89. The van der Waals surface area contributed by atoms with E-state index in [0.29, 0.717) is 0 Å². The van der Waals surface area contributed by atoms with Gasteiger partial charge in [0, 0.05) is 32.1 Å². The van der Waals surface area contributed by atoms with Crippen molar-refractivity contribution < 1.29 is 24.2 Å². The molecule has 1 aliphatic heterocycles. The lowest BCUT2D eigenvalue weighted by molar-refractivity contribution is -0.148. The zero-order chi connectivity index (χ0) is 16.0. The van der Waals surface area contributed by atoms with Crippen LogP contribution in [-0.2, 0) is 14.3 Å². The van der Waals surface area contributed by atoms with Crippen LogP contribution in [0.1, 0.15) is 33.6 Å². The van der Waals surface area contributed by atoms with Crippen LogP contribution in [-0.4, -0.2) is 53.9 Å². The number of carboxylic acid groups (broad SMARTS) is 1. The fourth-order valence-electron chi connectivity index (χ4n) is 2.04. The number of carboxylic acids is 1. The van der Waals surface area contributed by atoms with E-state index in [2.05, 4.69) is 16.0 Å². The predicted molar refractivity (Wildman–Crippen MR) is 74.8 cm³/mol. The molecule has 8 nitrogen and oxygen atoms in total. The Morgan fingerprint density at radius 1 is 1.10 bits per heavy atom. The van der Waals surface area contributed by atoms with E-state index < -0.39 is 23.6 Å². The van der Waals surface area contributed by atoms with Crippen LogP contribution in [0.15, 0.2) is 0 Å². The third-order valence-corrected chi connectivity index (χ3v) is 3.28. The molecule has 0 spiro atoms. The lowest BCUT2D eigenvalue weighted by Crippen LogP contribution is -2.61. The number of carbonyl (C=O) groups excluding carboxylic acids is 2. The molecule has 0 saturated carbocycles. The Kier molecular flexibility index (Phi) is 5.95. The summed E-state index contributed by atoms with van der Waals surface area (Å²) >= 11 is 0. The number of amides is 3. The average Bonchev–Trinajstić information content (AvgIpc) is 2.38. The second kappa shape index (κ2) is 7.26. The van der Waals surface area contributed by atoms with Crippen LogP contribution in [0.5, 0.6) is 0 Å². The first kappa shape index (κ1) is 17.2. The highest BCUT2D eigenvalue weighted by atomic mass is 16.5. The minimum Gasteiger partial charge on any atom is -0.480 e. The molecule has 8 heteroatoms. The maximum atomic E-state index is 11.9. The standard InChI is InChI=1S/C13H23N3O5/c1-8(2)14-10(17)9(3)15-12(20)16-13(11(18)19)4-6-21-7-5-13/h8-9H,4-7H2,1-3H3,(H,14,17)(H,18,19)(H2,15,16,20). The Morgan fingerprint density at radius 3 is 2.14 bits per heavy atom. The molecule has 3 amide bonds. The van der Waals surface area contributed by atoms with Crippen molar-refractivity contribution in [1.29, 1.82) is 0 Å². The fourth-order valence-corrected chi connectivity index (χ4v) is 2.04. The van der Waals surface area contributed by atoms with Gasteiger partial charge in [0.1, 0.15) is 11.6 Å². The first-order valence-corrected chi connectivity index (χ1v) is 6.97. The highest BCUT2D eigenvalue weighted by Gasteiger charge is 2.41. The van der Waals surface area contributed by atoms with Gasteiger partial charge in [-0.05, 0) is 20.8 Å². The van der Waals surface area contributed by atoms with Gasteiger partial charge in [-0.2, -0.15) is 0 Å². The maximum absolute atomic E-state index is 11.9. The minimum atomic E-state index is -1.34. The number of aliphatic carboxylic acids is 1. The Hall–Kier alpha value is -1.83. The van der Waals surface area contributed by atoms with Crippen molar-refractivity contribution in [3.05, 3.63) is 0 Å². The molecule has 1 aliphatic rings. The van der Waals surface area contributed by atoms with Crippen molar-refractivity contribution in [3.8, 4) is 0 Å². The van der Waals surface area contributed by atoms with Gasteiger partial charge in [-0.25, -0.2) is 9.59 Å². The molecule has 1 saturated heterocycles. The summed E-state index contributed by atoms with van der Waals surface area (Å²) in [6, 6.07) is -1.46. The Labute approximate surface area is 123 Å². The summed E-state index contributed by atoms with van der Waals surface area (Å²) < 4.78 is 5.12. The normalized spacial score (nSPS) is 18.7. The molecule has 4 N–H and O–H groups in total. The van der Waals surface area contributed by atoms with Gasteiger partial charge in [0.15, 0.2) is 0 Å². The van der Waals surface area contributed by atoms with Crippen LogP contribution < -0.4 is 16.0 Å². The Morgan fingerprint density at radius 2 is 1.67 bits per heavy atom. The van der Waals surface area contributed by atoms with E-state index in [0.717, 1.165) is 0 Å². The maximum Gasteiger partial charge on any atom is 0.329 e. The summed E-state index contributed by atoms with van der Waals surface area (Å²) in [5, 5.41) is 16.9. The number of nitrogens with one attached hydrogen (secondary N) is 3. The van der Waals surface area contributed by atoms with Crippen molar-refractivity contribution in [2.45, 2.75) is 51.2 Å². The summed E-state index contributed by atoms with van der Waals surface area (Å²) in [6.45, 7) is 5.71. The van der Waals surface area contributed by atoms with Crippen molar-refractivity contribution in [3.63, 3.8) is 0 Å². The monoisotopic (exact) mass is 301 g/mol. The van der Waals surface area contributed by atoms with Crippen LogP contribution in [0, 0.1) is 0 Å². The van der Waals surface area contributed by atoms with Crippen molar-refractivity contribution in [2.75, 3.05) is 13.2 Å². The molecule has 1 atom stereocenters. The highest BCUT2D eigenvalue weighted by Crippen LogP contribution is 2.20. The smallest absolute Gasteiger partial charge is 0.329 e. The lowest BCUT2D eigenvalue weighted by atomic mass is 9.90. The first-order valence-electron chi connectivity index (χ1n) is 6.97. The zero-order valence-electron chi connectivity index (χ0n) is 12.6. The van der Waals surface area contributed by atoms with E-state index in [1.54, 1.807) is 0 Å².